The minimum atomic E-state index is -4.69. The van der Waals surface area contributed by atoms with Gasteiger partial charge in [0.05, 0.1) is 73.4 Å². The number of hydrogen-bond donors (Lipinski definition) is 0. The van der Waals surface area contributed by atoms with Crippen molar-refractivity contribution in [2.75, 3.05) is 0 Å². The minimum Gasteiger partial charge on any atom is -0.307 e. The van der Waals surface area contributed by atoms with E-state index in [1.807, 2.05) is 133 Å². The predicted molar refractivity (Wildman–Crippen MR) is 272 cm³/mol. The van der Waals surface area contributed by atoms with Crippen molar-refractivity contribution in [1.82, 2.24) is 19.1 Å². The topological polar surface area (TPSA) is 59.4 Å². The number of para-hydroxylation sites is 2. The summed E-state index contributed by atoms with van der Waals surface area (Å²) in [6.07, 6.45) is -4.69. The largest absolute Gasteiger partial charge is 0.417 e. The van der Waals surface area contributed by atoms with E-state index in [0.717, 1.165) is 94.7 Å². The number of aromatic nitrogens is 4. The summed E-state index contributed by atoms with van der Waals surface area (Å²) in [6, 6.07) is 70.9. The molecule has 4 aromatic heterocycles. The zero-order valence-electron chi connectivity index (χ0n) is 37.1. The highest BCUT2D eigenvalue weighted by molar-refractivity contribution is 6.13. The molecule has 0 atom stereocenters. The van der Waals surface area contributed by atoms with Crippen LogP contribution in [0.25, 0.3) is 111 Å². The summed E-state index contributed by atoms with van der Waals surface area (Å²) in [5.41, 5.74) is 11.4. The van der Waals surface area contributed by atoms with Gasteiger partial charge in [0.2, 0.25) is 0 Å². The van der Waals surface area contributed by atoms with Crippen LogP contribution in [0.15, 0.2) is 212 Å². The van der Waals surface area contributed by atoms with E-state index in [1.165, 1.54) is 6.07 Å². The van der Waals surface area contributed by atoms with Gasteiger partial charge in [0.1, 0.15) is 0 Å². The van der Waals surface area contributed by atoms with Crippen LogP contribution in [0, 0.1) is 18.3 Å². The van der Waals surface area contributed by atoms with Gasteiger partial charge in [0.15, 0.2) is 0 Å². The molecule has 12 rings (SSSR count). The molecule has 0 aliphatic heterocycles. The molecule has 0 N–H and O–H groups in total. The third kappa shape index (κ3) is 7.02. The van der Waals surface area contributed by atoms with E-state index in [4.69, 9.17) is 9.97 Å². The average molecular weight is 898 g/mol. The zero-order chi connectivity index (χ0) is 46.8. The van der Waals surface area contributed by atoms with E-state index >= 15 is 13.2 Å². The second-order valence-corrected chi connectivity index (χ2v) is 17.2. The van der Waals surface area contributed by atoms with Crippen LogP contribution in [0.4, 0.5) is 13.2 Å². The highest BCUT2D eigenvalue weighted by Gasteiger charge is 2.35. The number of nitriles is 1. The number of alkyl halides is 3. The fraction of sp³-hybridized carbons (Fsp3) is 0.0328. The Morgan fingerprint density at radius 2 is 0.855 bits per heavy atom. The van der Waals surface area contributed by atoms with Gasteiger partial charge in [0.25, 0.3) is 0 Å². The maximum Gasteiger partial charge on any atom is 0.417 e. The number of pyridine rings is 2. The molecule has 12 aromatic rings. The molecule has 5 nitrogen and oxygen atoms in total. The molecule has 328 valence electrons. The molecule has 0 fully saturated rings. The highest BCUT2D eigenvalue weighted by atomic mass is 19.4. The van der Waals surface area contributed by atoms with Crippen LogP contribution in [0.2, 0.25) is 0 Å². The van der Waals surface area contributed by atoms with E-state index < -0.39 is 11.7 Å². The van der Waals surface area contributed by atoms with Gasteiger partial charge in [-0.3, -0.25) is 0 Å². The molecule has 0 amide bonds. The number of benzene rings is 8. The SMILES string of the molecule is Cc1cccc(C(F)(F)F)c1-c1cc(-n2c3ccccc3c3ccc(-c4cccc(-c5ccccc5)n4)cc32)c(-n2c3ccccc3c3ccc(-c4cccc(-c5ccccc5)n4)cc32)cc1C#N. The molecule has 0 unspecified atom stereocenters. The van der Waals surface area contributed by atoms with E-state index in [1.54, 1.807) is 25.1 Å². The molecular weight excluding hydrogens is 860 g/mol. The Hall–Kier alpha value is -9.06. The quantitative estimate of drug-likeness (QED) is 0.160. The van der Waals surface area contributed by atoms with Crippen molar-refractivity contribution in [3.8, 4) is 73.6 Å². The van der Waals surface area contributed by atoms with E-state index in [-0.39, 0.29) is 16.7 Å². The predicted octanol–water partition coefficient (Wildman–Crippen LogP) is 16.2. The van der Waals surface area contributed by atoms with E-state index in [2.05, 4.69) is 63.7 Å². The van der Waals surface area contributed by atoms with Crippen molar-refractivity contribution >= 4 is 43.6 Å². The van der Waals surface area contributed by atoms with Gasteiger partial charge >= 0.3 is 6.18 Å². The molecule has 0 aliphatic rings. The molecule has 8 aromatic carbocycles. The van der Waals surface area contributed by atoms with E-state index in [0.29, 0.717) is 16.9 Å². The Kier molecular flexibility index (Phi) is 9.82. The molecular formula is C61H38F3N5. The van der Waals surface area contributed by atoms with Crippen LogP contribution in [-0.2, 0) is 6.18 Å². The molecule has 0 bridgehead atoms. The van der Waals surface area contributed by atoms with Crippen LogP contribution in [0.5, 0.6) is 0 Å². The average Bonchev–Trinajstić information content (AvgIpc) is 3.90. The number of rotatable bonds is 7. The van der Waals surface area contributed by atoms with Gasteiger partial charge in [-0.15, -0.1) is 0 Å². The minimum absolute atomic E-state index is 0.0355. The maximum absolute atomic E-state index is 15.1. The van der Waals surface area contributed by atoms with Crippen molar-refractivity contribution in [2.45, 2.75) is 13.1 Å². The highest BCUT2D eigenvalue weighted by Crippen LogP contribution is 2.45. The summed E-state index contributed by atoms with van der Waals surface area (Å²) in [5.74, 6) is 0. The molecule has 0 saturated carbocycles. The normalized spacial score (nSPS) is 11.8. The third-order valence-electron chi connectivity index (χ3n) is 13.1. The second-order valence-electron chi connectivity index (χ2n) is 17.2. The lowest BCUT2D eigenvalue weighted by Gasteiger charge is -2.22. The summed E-state index contributed by atoms with van der Waals surface area (Å²) in [7, 11) is 0. The molecule has 69 heavy (non-hydrogen) atoms. The van der Waals surface area contributed by atoms with Gasteiger partial charge in [-0.25, -0.2) is 9.97 Å². The lowest BCUT2D eigenvalue weighted by Crippen LogP contribution is -2.10. The van der Waals surface area contributed by atoms with Crippen LogP contribution in [0.3, 0.4) is 0 Å². The number of halogens is 3. The Labute approximate surface area is 395 Å². The smallest absolute Gasteiger partial charge is 0.307 e. The van der Waals surface area contributed by atoms with Crippen molar-refractivity contribution in [1.29, 1.82) is 5.26 Å². The summed E-state index contributed by atoms with van der Waals surface area (Å²) < 4.78 is 49.7. The Morgan fingerprint density at radius 3 is 1.35 bits per heavy atom. The Morgan fingerprint density at radius 1 is 0.420 bits per heavy atom. The number of nitrogens with zero attached hydrogens (tertiary/aromatic N) is 5. The number of aryl methyl sites for hydroxylation is 1. The molecule has 0 spiro atoms. The fourth-order valence-corrected chi connectivity index (χ4v) is 10.0. The molecule has 8 heteroatoms. The summed E-state index contributed by atoms with van der Waals surface area (Å²) in [5, 5.41) is 15.0. The Balaban J connectivity index is 1.18. The first-order valence-electron chi connectivity index (χ1n) is 22.6. The number of hydrogen-bond acceptors (Lipinski definition) is 3. The summed E-state index contributed by atoms with van der Waals surface area (Å²) in [6.45, 7) is 1.66. The van der Waals surface area contributed by atoms with Crippen LogP contribution in [0.1, 0.15) is 16.7 Å². The first-order chi connectivity index (χ1) is 33.7. The first-order valence-corrected chi connectivity index (χ1v) is 22.6. The molecule has 0 saturated heterocycles. The van der Waals surface area contributed by atoms with Gasteiger partial charge < -0.3 is 9.13 Å². The summed E-state index contributed by atoms with van der Waals surface area (Å²) >= 11 is 0. The molecule has 0 radical (unpaired) electrons. The van der Waals surface area contributed by atoms with Crippen LogP contribution >= 0.6 is 0 Å². The molecule has 4 heterocycles. The second kappa shape index (κ2) is 16.4. The lowest BCUT2D eigenvalue weighted by molar-refractivity contribution is -0.137. The van der Waals surface area contributed by atoms with Gasteiger partial charge in [-0.05, 0) is 84.8 Å². The monoisotopic (exact) mass is 897 g/mol. The standard InChI is InChI=1S/C61H38F3N5/c1-38-15-12-22-49(61(62,63)64)60(38)48-36-59(69-55-28-11-9-21-45(55)47-32-30-42(34-57(47)69)53-26-14-24-51(67-53)40-18-6-3-7-19-40)58(35-43(48)37-65)68-54-27-10-8-20-44(54)46-31-29-41(33-56(46)68)52-25-13-23-50(66-52)39-16-4-2-5-17-39/h2-36H,1H3. The van der Waals surface area contributed by atoms with Crippen molar-refractivity contribution < 1.29 is 13.2 Å². The zero-order valence-corrected chi connectivity index (χ0v) is 37.1. The van der Waals surface area contributed by atoms with Gasteiger partial charge in [-0.1, -0.05) is 146 Å². The molecule has 0 aliphatic carbocycles. The summed E-state index contributed by atoms with van der Waals surface area (Å²) in [4.78, 5) is 10.2. The van der Waals surface area contributed by atoms with Crippen LogP contribution in [-0.4, -0.2) is 19.1 Å². The van der Waals surface area contributed by atoms with Gasteiger partial charge in [-0.2, -0.15) is 18.4 Å². The Bertz CT molecular complexity index is 4030. The number of fused-ring (bicyclic) bond motifs is 6. The van der Waals surface area contributed by atoms with E-state index in [9.17, 15) is 5.26 Å². The van der Waals surface area contributed by atoms with Crippen LogP contribution < -0.4 is 0 Å². The van der Waals surface area contributed by atoms with Gasteiger partial charge in [0, 0.05) is 49.4 Å². The fourth-order valence-electron chi connectivity index (χ4n) is 10.0. The maximum atomic E-state index is 15.1. The lowest BCUT2D eigenvalue weighted by atomic mass is 9.90. The van der Waals surface area contributed by atoms with Crippen molar-refractivity contribution in [3.63, 3.8) is 0 Å². The first kappa shape index (κ1) is 41.4. The van der Waals surface area contributed by atoms with Crippen molar-refractivity contribution in [2.24, 2.45) is 0 Å². The third-order valence-corrected chi connectivity index (χ3v) is 13.1. The van der Waals surface area contributed by atoms with Crippen molar-refractivity contribution in [3.05, 3.63) is 229 Å².